The third-order valence-corrected chi connectivity index (χ3v) is 4.05. The first-order valence-corrected chi connectivity index (χ1v) is 7.37. The maximum atomic E-state index is 12.4. The van der Waals surface area contributed by atoms with Crippen molar-refractivity contribution in [3.63, 3.8) is 0 Å². The molecule has 5 nitrogen and oxygen atoms in total. The molecular formula is C16H19N3O2. The highest BCUT2D eigenvalue weighted by Gasteiger charge is 2.21. The maximum absolute atomic E-state index is 12.4. The zero-order chi connectivity index (χ0) is 14.8. The van der Waals surface area contributed by atoms with E-state index in [0.717, 1.165) is 19.5 Å². The van der Waals surface area contributed by atoms with Crippen molar-refractivity contribution in [1.82, 2.24) is 14.5 Å². The second kappa shape index (κ2) is 5.68. The van der Waals surface area contributed by atoms with Crippen LogP contribution < -0.4 is 5.56 Å². The smallest absolute Gasteiger partial charge is 0.261 e. The minimum atomic E-state index is -0.154. The first kappa shape index (κ1) is 13.8. The van der Waals surface area contributed by atoms with Crippen molar-refractivity contribution in [2.45, 2.75) is 26.3 Å². The van der Waals surface area contributed by atoms with Crippen LogP contribution in [0.1, 0.15) is 19.8 Å². The summed E-state index contributed by atoms with van der Waals surface area (Å²) >= 11 is 0. The molecule has 1 aromatic heterocycles. The number of carbonyl (C=O) groups is 1. The molecule has 1 aromatic carbocycles. The van der Waals surface area contributed by atoms with Crippen molar-refractivity contribution in [2.75, 3.05) is 13.1 Å². The molecule has 1 unspecified atom stereocenters. The van der Waals surface area contributed by atoms with E-state index in [0.29, 0.717) is 16.8 Å². The van der Waals surface area contributed by atoms with Crippen LogP contribution in [0.3, 0.4) is 0 Å². The van der Waals surface area contributed by atoms with Crippen molar-refractivity contribution in [1.29, 1.82) is 0 Å². The van der Waals surface area contributed by atoms with Gasteiger partial charge < -0.3 is 4.90 Å². The predicted molar refractivity (Wildman–Crippen MR) is 81.0 cm³/mol. The largest absolute Gasteiger partial charge is 0.341 e. The van der Waals surface area contributed by atoms with Gasteiger partial charge in [0.1, 0.15) is 6.54 Å². The number of aromatic nitrogens is 2. The summed E-state index contributed by atoms with van der Waals surface area (Å²) in [6.45, 7) is 3.81. The lowest BCUT2D eigenvalue weighted by Crippen LogP contribution is -2.42. The van der Waals surface area contributed by atoms with E-state index in [1.165, 1.54) is 17.3 Å². The molecule has 110 valence electrons. The molecule has 0 saturated carbocycles. The van der Waals surface area contributed by atoms with Gasteiger partial charge >= 0.3 is 0 Å². The normalized spacial score (nSPS) is 18.9. The van der Waals surface area contributed by atoms with Gasteiger partial charge in [0.15, 0.2) is 0 Å². The predicted octanol–water partition coefficient (Wildman–Crippen LogP) is 1.66. The summed E-state index contributed by atoms with van der Waals surface area (Å²) in [5.74, 6) is 0.537. The molecule has 0 bridgehead atoms. The number of piperidine rings is 1. The van der Waals surface area contributed by atoms with Gasteiger partial charge in [-0.3, -0.25) is 14.2 Å². The summed E-state index contributed by atoms with van der Waals surface area (Å²) in [6.07, 6.45) is 3.68. The first-order valence-electron chi connectivity index (χ1n) is 7.37. The fourth-order valence-corrected chi connectivity index (χ4v) is 2.88. The maximum Gasteiger partial charge on any atom is 0.261 e. The standard InChI is InChI=1S/C16H19N3O2/c1-12-5-4-8-18(9-12)15(20)10-19-11-17-14-7-3-2-6-13(14)16(19)21/h2-3,6-7,11-12H,4-5,8-10H2,1H3. The van der Waals surface area contributed by atoms with Crippen molar-refractivity contribution in [3.8, 4) is 0 Å². The lowest BCUT2D eigenvalue weighted by Gasteiger charge is -2.31. The van der Waals surface area contributed by atoms with E-state index in [1.54, 1.807) is 12.1 Å². The summed E-state index contributed by atoms with van der Waals surface area (Å²) in [5, 5.41) is 0.555. The van der Waals surface area contributed by atoms with Crippen molar-refractivity contribution in [2.24, 2.45) is 5.92 Å². The number of likely N-dealkylation sites (tertiary alicyclic amines) is 1. The molecule has 2 aromatic rings. The average Bonchev–Trinajstić information content (AvgIpc) is 2.50. The Morgan fingerprint density at radius 1 is 1.38 bits per heavy atom. The Morgan fingerprint density at radius 3 is 3.00 bits per heavy atom. The van der Waals surface area contributed by atoms with E-state index in [2.05, 4.69) is 11.9 Å². The van der Waals surface area contributed by atoms with Crippen LogP contribution in [0.2, 0.25) is 0 Å². The van der Waals surface area contributed by atoms with Gasteiger partial charge in [-0.25, -0.2) is 4.98 Å². The third kappa shape index (κ3) is 2.82. The molecule has 1 atom stereocenters. The Bertz CT molecular complexity index is 723. The average molecular weight is 285 g/mol. The van der Waals surface area contributed by atoms with E-state index in [-0.39, 0.29) is 18.0 Å². The Hall–Kier alpha value is -2.17. The van der Waals surface area contributed by atoms with Gasteiger partial charge in [-0.05, 0) is 30.9 Å². The quantitative estimate of drug-likeness (QED) is 0.843. The van der Waals surface area contributed by atoms with Crippen LogP contribution >= 0.6 is 0 Å². The highest BCUT2D eigenvalue weighted by Crippen LogP contribution is 2.15. The topological polar surface area (TPSA) is 55.2 Å². The molecule has 0 aliphatic carbocycles. The minimum Gasteiger partial charge on any atom is -0.341 e. The summed E-state index contributed by atoms with van der Waals surface area (Å²) in [4.78, 5) is 30.8. The van der Waals surface area contributed by atoms with Gasteiger partial charge in [0, 0.05) is 13.1 Å². The number of rotatable bonds is 2. The molecule has 0 spiro atoms. The van der Waals surface area contributed by atoms with Gasteiger partial charge in [-0.2, -0.15) is 0 Å². The van der Waals surface area contributed by atoms with Gasteiger partial charge in [-0.15, -0.1) is 0 Å². The number of hydrogen-bond donors (Lipinski definition) is 0. The van der Waals surface area contributed by atoms with Crippen LogP contribution in [0.15, 0.2) is 35.4 Å². The summed E-state index contributed by atoms with van der Waals surface area (Å²) in [5.41, 5.74) is 0.511. The zero-order valence-corrected chi connectivity index (χ0v) is 12.2. The minimum absolute atomic E-state index is 0.000677. The Balaban J connectivity index is 1.83. The van der Waals surface area contributed by atoms with Crippen molar-refractivity contribution in [3.05, 3.63) is 40.9 Å². The molecule has 1 saturated heterocycles. The van der Waals surface area contributed by atoms with Crippen LogP contribution in [0.4, 0.5) is 0 Å². The number of hydrogen-bond acceptors (Lipinski definition) is 3. The highest BCUT2D eigenvalue weighted by molar-refractivity contribution is 5.79. The van der Waals surface area contributed by atoms with Gasteiger partial charge in [0.05, 0.1) is 17.2 Å². The molecule has 0 N–H and O–H groups in total. The van der Waals surface area contributed by atoms with Gasteiger partial charge in [-0.1, -0.05) is 19.1 Å². The van der Waals surface area contributed by atoms with Crippen LogP contribution in [-0.2, 0) is 11.3 Å². The van der Waals surface area contributed by atoms with E-state index < -0.39 is 0 Å². The van der Waals surface area contributed by atoms with Crippen LogP contribution in [0.25, 0.3) is 10.9 Å². The zero-order valence-electron chi connectivity index (χ0n) is 12.2. The van der Waals surface area contributed by atoms with Gasteiger partial charge in [0.25, 0.3) is 5.56 Å². The Morgan fingerprint density at radius 2 is 2.19 bits per heavy atom. The molecule has 3 rings (SSSR count). The molecule has 0 radical (unpaired) electrons. The van der Waals surface area contributed by atoms with Crippen LogP contribution in [0.5, 0.6) is 0 Å². The lowest BCUT2D eigenvalue weighted by molar-refractivity contribution is -0.133. The van der Waals surface area contributed by atoms with Crippen molar-refractivity contribution >= 4 is 16.8 Å². The third-order valence-electron chi connectivity index (χ3n) is 4.05. The first-order chi connectivity index (χ1) is 10.1. The molecule has 21 heavy (non-hydrogen) atoms. The Kier molecular flexibility index (Phi) is 3.73. The molecule has 5 heteroatoms. The molecule has 1 fully saturated rings. The van der Waals surface area contributed by atoms with E-state index in [4.69, 9.17) is 0 Å². The SMILES string of the molecule is CC1CCCN(C(=O)Cn2cnc3ccccc3c2=O)C1. The molecule has 1 aliphatic rings. The fraction of sp³-hybridized carbons (Fsp3) is 0.438. The second-order valence-electron chi connectivity index (χ2n) is 5.78. The highest BCUT2D eigenvalue weighted by atomic mass is 16.2. The van der Waals surface area contributed by atoms with E-state index in [1.807, 2.05) is 17.0 Å². The molecule has 1 amide bonds. The van der Waals surface area contributed by atoms with Gasteiger partial charge in [0.2, 0.25) is 5.91 Å². The lowest BCUT2D eigenvalue weighted by atomic mass is 10.0. The number of nitrogens with zero attached hydrogens (tertiary/aromatic N) is 3. The van der Waals surface area contributed by atoms with Crippen LogP contribution in [0, 0.1) is 5.92 Å². The van der Waals surface area contributed by atoms with Crippen molar-refractivity contribution < 1.29 is 4.79 Å². The molecule has 2 heterocycles. The molecule has 1 aliphatic heterocycles. The van der Waals surface area contributed by atoms with Crippen LogP contribution in [-0.4, -0.2) is 33.4 Å². The number of para-hydroxylation sites is 1. The fourth-order valence-electron chi connectivity index (χ4n) is 2.88. The summed E-state index contributed by atoms with van der Waals surface area (Å²) in [7, 11) is 0. The Labute approximate surface area is 123 Å². The number of amides is 1. The monoisotopic (exact) mass is 285 g/mol. The summed E-state index contributed by atoms with van der Waals surface area (Å²) < 4.78 is 1.41. The van der Waals surface area contributed by atoms with E-state index >= 15 is 0 Å². The summed E-state index contributed by atoms with van der Waals surface area (Å²) in [6, 6.07) is 7.20. The second-order valence-corrected chi connectivity index (χ2v) is 5.78. The molecular weight excluding hydrogens is 266 g/mol. The number of fused-ring (bicyclic) bond motifs is 1. The van der Waals surface area contributed by atoms with E-state index in [9.17, 15) is 9.59 Å². The number of benzene rings is 1. The number of carbonyl (C=O) groups excluding carboxylic acids is 1.